The number of carboxylic acid groups (broad SMARTS) is 2. The molecule has 8 nitrogen and oxygen atoms in total. The molecule has 0 aliphatic heterocycles. The van der Waals surface area contributed by atoms with Crippen molar-refractivity contribution in [2.24, 2.45) is 0 Å². The van der Waals surface area contributed by atoms with Gasteiger partial charge in [0.15, 0.2) is 0 Å². The number of anilines is 1. The van der Waals surface area contributed by atoms with Gasteiger partial charge in [0.05, 0.1) is 11.3 Å². The molecular weight excluding hydrogens is 276 g/mol. The fourth-order valence-electron chi connectivity index (χ4n) is 1.26. The number of nitrogen functional groups attached to an aromatic ring is 1. The van der Waals surface area contributed by atoms with E-state index in [0.29, 0.717) is 5.69 Å². The largest absolute Gasteiger partial charge is 0.481 e. The third-order valence-electron chi connectivity index (χ3n) is 2.16. The molecule has 0 aromatic heterocycles. The van der Waals surface area contributed by atoms with Gasteiger partial charge in [0.1, 0.15) is 6.04 Å². The number of nitrogens with two attached hydrogens (primary N) is 1. The minimum absolute atomic E-state index is 0.196. The van der Waals surface area contributed by atoms with Gasteiger partial charge in [-0.1, -0.05) is 0 Å². The smallest absolute Gasteiger partial charge is 0.322 e. The van der Waals surface area contributed by atoms with Gasteiger partial charge in [-0.3, -0.25) is 9.59 Å². The number of carbonyl (C=O) groups is 2. The number of hydrogen-bond acceptors (Lipinski definition) is 5. The highest BCUT2D eigenvalue weighted by Gasteiger charge is 2.27. The molecule has 0 radical (unpaired) electrons. The fourth-order valence-corrected chi connectivity index (χ4v) is 2.45. The van der Waals surface area contributed by atoms with E-state index < -0.39 is 34.4 Å². The lowest BCUT2D eigenvalue weighted by molar-refractivity contribution is -0.145. The van der Waals surface area contributed by atoms with Crippen LogP contribution in [0.5, 0.6) is 0 Å². The summed E-state index contributed by atoms with van der Waals surface area (Å²) < 4.78 is 25.5. The molecule has 0 spiro atoms. The first-order valence-corrected chi connectivity index (χ1v) is 6.53. The van der Waals surface area contributed by atoms with E-state index in [1.54, 1.807) is 0 Å². The lowest BCUT2D eigenvalue weighted by atomic mass is 10.2. The number of nitrogens with one attached hydrogen (secondary N) is 1. The van der Waals surface area contributed by atoms with Crippen molar-refractivity contribution in [2.45, 2.75) is 17.4 Å². The molecule has 0 amide bonds. The molecule has 1 aromatic rings. The van der Waals surface area contributed by atoms with E-state index in [2.05, 4.69) is 0 Å². The highest BCUT2D eigenvalue weighted by molar-refractivity contribution is 7.89. The van der Waals surface area contributed by atoms with Crippen molar-refractivity contribution in [3.05, 3.63) is 24.3 Å². The van der Waals surface area contributed by atoms with Crippen LogP contribution in [-0.4, -0.2) is 36.6 Å². The van der Waals surface area contributed by atoms with E-state index in [1.165, 1.54) is 24.3 Å². The molecular formula is C10H12N2O6S. The van der Waals surface area contributed by atoms with E-state index in [-0.39, 0.29) is 4.90 Å². The zero-order valence-corrected chi connectivity index (χ0v) is 10.4. The summed E-state index contributed by atoms with van der Waals surface area (Å²) in [6.07, 6.45) is -0.858. The molecule has 1 aromatic carbocycles. The topological polar surface area (TPSA) is 147 Å². The molecule has 5 N–H and O–H groups in total. The van der Waals surface area contributed by atoms with Gasteiger partial charge in [0.25, 0.3) is 0 Å². The molecule has 1 unspecified atom stereocenters. The molecule has 104 valence electrons. The van der Waals surface area contributed by atoms with Crippen molar-refractivity contribution in [3.63, 3.8) is 0 Å². The lowest BCUT2D eigenvalue weighted by Gasteiger charge is -2.12. The first-order chi connectivity index (χ1) is 8.72. The minimum Gasteiger partial charge on any atom is -0.481 e. The number of sulfonamides is 1. The summed E-state index contributed by atoms with van der Waals surface area (Å²) in [6.45, 7) is 0. The average Bonchev–Trinajstić information content (AvgIpc) is 2.27. The van der Waals surface area contributed by atoms with Crippen LogP contribution in [0.15, 0.2) is 29.2 Å². The summed E-state index contributed by atoms with van der Waals surface area (Å²) in [5, 5.41) is 17.3. The monoisotopic (exact) mass is 288 g/mol. The predicted octanol–water partition coefficient (Wildman–Crippen LogP) is -0.525. The number of carboxylic acids is 2. The zero-order chi connectivity index (χ0) is 14.6. The molecule has 9 heteroatoms. The van der Waals surface area contributed by atoms with E-state index >= 15 is 0 Å². The van der Waals surface area contributed by atoms with Crippen LogP contribution in [0.25, 0.3) is 0 Å². The van der Waals surface area contributed by atoms with Crippen LogP contribution in [-0.2, 0) is 19.6 Å². The highest BCUT2D eigenvalue weighted by atomic mass is 32.2. The third kappa shape index (κ3) is 4.23. The quantitative estimate of drug-likeness (QED) is 0.514. The summed E-state index contributed by atoms with van der Waals surface area (Å²) in [7, 11) is -4.12. The predicted molar refractivity (Wildman–Crippen MR) is 64.9 cm³/mol. The normalized spacial score (nSPS) is 12.8. The molecule has 19 heavy (non-hydrogen) atoms. The van der Waals surface area contributed by atoms with E-state index in [4.69, 9.17) is 15.9 Å². The number of rotatable bonds is 6. The Labute approximate surface area is 108 Å². The van der Waals surface area contributed by atoms with Crippen LogP contribution in [0.4, 0.5) is 5.69 Å². The van der Waals surface area contributed by atoms with Crippen LogP contribution in [0, 0.1) is 0 Å². The summed E-state index contributed by atoms with van der Waals surface area (Å²) in [5.41, 5.74) is 5.74. The van der Waals surface area contributed by atoms with Gasteiger partial charge in [-0.15, -0.1) is 0 Å². The van der Waals surface area contributed by atoms with Crippen molar-refractivity contribution in [1.29, 1.82) is 0 Å². The Morgan fingerprint density at radius 1 is 1.21 bits per heavy atom. The molecule has 0 aliphatic carbocycles. The number of hydrogen-bond donors (Lipinski definition) is 4. The van der Waals surface area contributed by atoms with Gasteiger partial charge in [0, 0.05) is 5.69 Å². The van der Waals surface area contributed by atoms with E-state index in [1.807, 2.05) is 4.72 Å². The van der Waals surface area contributed by atoms with Crippen molar-refractivity contribution >= 4 is 27.6 Å². The van der Waals surface area contributed by atoms with Crippen molar-refractivity contribution in [1.82, 2.24) is 4.72 Å². The SMILES string of the molecule is Nc1ccc(S(=O)(=O)NC(CC(=O)O)C(=O)O)cc1. The first kappa shape index (κ1) is 14.9. The fraction of sp³-hybridized carbons (Fsp3) is 0.200. The summed E-state index contributed by atoms with van der Waals surface area (Å²) >= 11 is 0. The molecule has 0 fully saturated rings. The Balaban J connectivity index is 2.97. The molecule has 0 saturated heterocycles. The van der Waals surface area contributed by atoms with Gasteiger partial charge in [-0.05, 0) is 24.3 Å². The van der Waals surface area contributed by atoms with Gasteiger partial charge < -0.3 is 15.9 Å². The maximum absolute atomic E-state index is 11.8. The maximum Gasteiger partial charge on any atom is 0.322 e. The Hall–Kier alpha value is -2.13. The second-order valence-corrected chi connectivity index (χ2v) is 5.39. The number of aliphatic carboxylic acids is 2. The number of benzene rings is 1. The summed E-state index contributed by atoms with van der Waals surface area (Å²) in [6, 6.07) is 3.32. The Kier molecular flexibility index (Phi) is 4.46. The van der Waals surface area contributed by atoms with Crippen LogP contribution in [0.3, 0.4) is 0 Å². The standard InChI is InChI=1S/C10H12N2O6S/c11-6-1-3-7(4-2-6)19(17,18)12-8(10(15)16)5-9(13)14/h1-4,8,12H,5,11H2,(H,13,14)(H,15,16). The third-order valence-corrected chi connectivity index (χ3v) is 3.65. The molecule has 1 rings (SSSR count). The zero-order valence-electron chi connectivity index (χ0n) is 9.61. The molecule has 0 heterocycles. The second kappa shape index (κ2) is 5.67. The lowest BCUT2D eigenvalue weighted by Crippen LogP contribution is -2.42. The molecule has 1 atom stereocenters. The summed E-state index contributed by atoms with van der Waals surface area (Å²) in [4.78, 5) is 21.1. The van der Waals surface area contributed by atoms with Crippen molar-refractivity contribution in [2.75, 3.05) is 5.73 Å². The Bertz CT molecular complexity index is 581. The first-order valence-electron chi connectivity index (χ1n) is 5.05. The van der Waals surface area contributed by atoms with Crippen LogP contribution >= 0.6 is 0 Å². The summed E-state index contributed by atoms with van der Waals surface area (Å²) in [5.74, 6) is -2.99. The van der Waals surface area contributed by atoms with Gasteiger partial charge in [-0.25, -0.2) is 8.42 Å². The van der Waals surface area contributed by atoms with Crippen molar-refractivity contribution in [3.8, 4) is 0 Å². The minimum atomic E-state index is -4.12. The Morgan fingerprint density at radius 3 is 2.16 bits per heavy atom. The van der Waals surface area contributed by atoms with Crippen molar-refractivity contribution < 1.29 is 28.2 Å². The molecule has 0 saturated carbocycles. The molecule has 0 aliphatic rings. The Morgan fingerprint density at radius 2 is 1.74 bits per heavy atom. The van der Waals surface area contributed by atoms with Gasteiger partial charge >= 0.3 is 11.9 Å². The van der Waals surface area contributed by atoms with Crippen LogP contribution in [0.1, 0.15) is 6.42 Å². The van der Waals surface area contributed by atoms with E-state index in [0.717, 1.165) is 0 Å². The average molecular weight is 288 g/mol. The highest BCUT2D eigenvalue weighted by Crippen LogP contribution is 2.12. The van der Waals surface area contributed by atoms with E-state index in [9.17, 15) is 18.0 Å². The second-order valence-electron chi connectivity index (χ2n) is 3.68. The van der Waals surface area contributed by atoms with Crippen LogP contribution < -0.4 is 10.5 Å². The van der Waals surface area contributed by atoms with Gasteiger partial charge in [0.2, 0.25) is 10.0 Å². The van der Waals surface area contributed by atoms with Gasteiger partial charge in [-0.2, -0.15) is 4.72 Å². The van der Waals surface area contributed by atoms with Crippen LogP contribution in [0.2, 0.25) is 0 Å². The molecule has 0 bridgehead atoms. The maximum atomic E-state index is 11.8.